The lowest BCUT2D eigenvalue weighted by molar-refractivity contribution is -0.116. The summed E-state index contributed by atoms with van der Waals surface area (Å²) in [6.45, 7) is 2.56. The van der Waals surface area contributed by atoms with E-state index < -0.39 is 0 Å². The minimum Gasteiger partial charge on any atom is -0.326 e. The van der Waals surface area contributed by atoms with Crippen LogP contribution in [0.25, 0.3) is 0 Å². The molecule has 2 rings (SSSR count). The van der Waals surface area contributed by atoms with Crippen molar-refractivity contribution in [3.63, 3.8) is 0 Å². The number of hydrogen-bond acceptors (Lipinski definition) is 2. The second kappa shape index (κ2) is 5.82. The zero-order valence-corrected chi connectivity index (χ0v) is 11.6. The van der Waals surface area contributed by atoms with Crippen molar-refractivity contribution in [2.45, 2.75) is 19.9 Å². The van der Waals surface area contributed by atoms with Crippen molar-refractivity contribution in [3.8, 4) is 0 Å². The van der Waals surface area contributed by atoms with E-state index in [9.17, 15) is 4.79 Å². The molecule has 0 radical (unpaired) electrons. The first-order chi connectivity index (χ1) is 8.65. The van der Waals surface area contributed by atoms with Gasteiger partial charge in [0.15, 0.2) is 0 Å². The molecular weight excluding hydrogens is 294 g/mol. The molecule has 0 aliphatic rings. The van der Waals surface area contributed by atoms with Crippen LogP contribution in [0.1, 0.15) is 12.0 Å². The van der Waals surface area contributed by atoms with Crippen LogP contribution in [0.15, 0.2) is 41.1 Å². The highest BCUT2D eigenvalue weighted by Gasteiger charge is 2.05. The SMILES string of the molecule is Cc1cc(Br)ccc1NC(=O)CCn1cccn1. The van der Waals surface area contributed by atoms with E-state index in [1.54, 1.807) is 10.9 Å². The summed E-state index contributed by atoms with van der Waals surface area (Å²) in [6.07, 6.45) is 3.96. The fourth-order valence-corrected chi connectivity index (χ4v) is 2.10. The van der Waals surface area contributed by atoms with E-state index in [1.165, 1.54) is 0 Å². The smallest absolute Gasteiger partial charge is 0.226 e. The van der Waals surface area contributed by atoms with Gasteiger partial charge in [-0.25, -0.2) is 0 Å². The molecule has 0 saturated carbocycles. The number of carbonyl (C=O) groups is 1. The van der Waals surface area contributed by atoms with E-state index in [0.29, 0.717) is 13.0 Å². The third-order valence-electron chi connectivity index (χ3n) is 2.59. The summed E-state index contributed by atoms with van der Waals surface area (Å²) in [5, 5.41) is 6.95. The van der Waals surface area contributed by atoms with Crippen molar-refractivity contribution in [2.75, 3.05) is 5.32 Å². The fraction of sp³-hybridized carbons (Fsp3) is 0.231. The summed E-state index contributed by atoms with van der Waals surface area (Å²) in [4.78, 5) is 11.8. The third kappa shape index (κ3) is 3.43. The number of rotatable bonds is 4. The van der Waals surface area contributed by atoms with Gasteiger partial charge in [-0.2, -0.15) is 5.10 Å². The largest absolute Gasteiger partial charge is 0.326 e. The van der Waals surface area contributed by atoms with Gasteiger partial charge in [0.25, 0.3) is 0 Å². The monoisotopic (exact) mass is 307 g/mol. The summed E-state index contributed by atoms with van der Waals surface area (Å²) in [5.74, 6) is -0.00378. The average Bonchev–Trinajstić information content (AvgIpc) is 2.83. The Balaban J connectivity index is 1.91. The van der Waals surface area contributed by atoms with E-state index in [2.05, 4.69) is 26.3 Å². The maximum Gasteiger partial charge on any atom is 0.226 e. The van der Waals surface area contributed by atoms with Crippen LogP contribution in [-0.4, -0.2) is 15.7 Å². The minimum absolute atomic E-state index is 0.00378. The number of amides is 1. The molecule has 0 aliphatic carbocycles. The van der Waals surface area contributed by atoms with Gasteiger partial charge in [0, 0.05) is 35.5 Å². The van der Waals surface area contributed by atoms with Crippen LogP contribution in [0.3, 0.4) is 0 Å². The number of anilines is 1. The molecule has 0 fully saturated rings. The average molecular weight is 308 g/mol. The van der Waals surface area contributed by atoms with Crippen molar-refractivity contribution in [2.24, 2.45) is 0 Å². The molecule has 1 aromatic carbocycles. The van der Waals surface area contributed by atoms with Crippen LogP contribution >= 0.6 is 15.9 Å². The Hall–Kier alpha value is -1.62. The van der Waals surface area contributed by atoms with Crippen molar-refractivity contribution >= 4 is 27.5 Å². The molecule has 18 heavy (non-hydrogen) atoms. The van der Waals surface area contributed by atoms with E-state index in [4.69, 9.17) is 0 Å². The molecule has 2 aromatic rings. The third-order valence-corrected chi connectivity index (χ3v) is 3.08. The molecule has 0 saturated heterocycles. The van der Waals surface area contributed by atoms with E-state index in [0.717, 1.165) is 15.7 Å². The Kier molecular flexibility index (Phi) is 4.15. The molecule has 0 unspecified atom stereocenters. The zero-order chi connectivity index (χ0) is 13.0. The van der Waals surface area contributed by atoms with Gasteiger partial charge in [-0.05, 0) is 36.8 Å². The predicted octanol–water partition coefficient (Wildman–Crippen LogP) is 2.98. The predicted molar refractivity (Wildman–Crippen MR) is 74.4 cm³/mol. The first-order valence-corrected chi connectivity index (χ1v) is 6.48. The minimum atomic E-state index is -0.00378. The molecule has 1 amide bonds. The molecule has 1 heterocycles. The van der Waals surface area contributed by atoms with Crippen molar-refractivity contribution in [1.29, 1.82) is 0 Å². The van der Waals surface area contributed by atoms with Crippen LogP contribution in [0.2, 0.25) is 0 Å². The topological polar surface area (TPSA) is 46.9 Å². The quantitative estimate of drug-likeness (QED) is 0.944. The van der Waals surface area contributed by atoms with Gasteiger partial charge in [-0.3, -0.25) is 9.48 Å². The standard InChI is InChI=1S/C13H14BrN3O/c1-10-9-11(14)3-4-12(10)16-13(18)5-8-17-7-2-6-15-17/h2-4,6-7,9H,5,8H2,1H3,(H,16,18). The van der Waals surface area contributed by atoms with Crippen molar-refractivity contribution < 1.29 is 4.79 Å². The summed E-state index contributed by atoms with van der Waals surface area (Å²) < 4.78 is 2.75. The van der Waals surface area contributed by atoms with Gasteiger partial charge in [0.2, 0.25) is 5.91 Å². The lowest BCUT2D eigenvalue weighted by atomic mass is 10.2. The molecule has 0 atom stereocenters. The summed E-state index contributed by atoms with van der Waals surface area (Å²) in [7, 11) is 0. The van der Waals surface area contributed by atoms with Crippen molar-refractivity contribution in [1.82, 2.24) is 9.78 Å². The van der Waals surface area contributed by atoms with Crippen LogP contribution in [0.4, 0.5) is 5.69 Å². The summed E-state index contributed by atoms with van der Waals surface area (Å²) in [5.41, 5.74) is 1.89. The lowest BCUT2D eigenvalue weighted by Crippen LogP contribution is -2.15. The molecule has 94 valence electrons. The molecular formula is C13H14BrN3O. The molecule has 5 heteroatoms. The molecule has 1 N–H and O–H groups in total. The Labute approximate surface area is 114 Å². The van der Waals surface area contributed by atoms with Crippen LogP contribution < -0.4 is 5.32 Å². The molecule has 0 spiro atoms. The molecule has 4 nitrogen and oxygen atoms in total. The van der Waals surface area contributed by atoms with Gasteiger partial charge in [-0.1, -0.05) is 15.9 Å². The van der Waals surface area contributed by atoms with Crippen molar-refractivity contribution in [3.05, 3.63) is 46.7 Å². The highest BCUT2D eigenvalue weighted by Crippen LogP contribution is 2.20. The Morgan fingerprint density at radius 2 is 2.33 bits per heavy atom. The zero-order valence-electron chi connectivity index (χ0n) is 10.1. The van der Waals surface area contributed by atoms with Crippen LogP contribution in [0, 0.1) is 6.92 Å². The Bertz CT molecular complexity index is 537. The second-order valence-electron chi connectivity index (χ2n) is 4.03. The van der Waals surface area contributed by atoms with Gasteiger partial charge in [0.05, 0.1) is 0 Å². The number of halogens is 1. The first-order valence-electron chi connectivity index (χ1n) is 5.68. The number of hydrogen-bond donors (Lipinski definition) is 1. The van der Waals surface area contributed by atoms with Gasteiger partial charge in [-0.15, -0.1) is 0 Å². The highest BCUT2D eigenvalue weighted by molar-refractivity contribution is 9.10. The van der Waals surface area contributed by atoms with E-state index in [1.807, 2.05) is 37.4 Å². The van der Waals surface area contributed by atoms with E-state index >= 15 is 0 Å². The van der Waals surface area contributed by atoms with Gasteiger partial charge in [0.1, 0.15) is 0 Å². The number of nitrogens with zero attached hydrogens (tertiary/aromatic N) is 2. The number of nitrogens with one attached hydrogen (secondary N) is 1. The highest BCUT2D eigenvalue weighted by atomic mass is 79.9. The van der Waals surface area contributed by atoms with Gasteiger partial charge < -0.3 is 5.32 Å². The molecule has 0 bridgehead atoms. The maximum absolute atomic E-state index is 11.8. The molecule has 0 aliphatic heterocycles. The van der Waals surface area contributed by atoms with Gasteiger partial charge >= 0.3 is 0 Å². The van der Waals surface area contributed by atoms with Crippen LogP contribution in [0.5, 0.6) is 0 Å². The van der Waals surface area contributed by atoms with Crippen LogP contribution in [-0.2, 0) is 11.3 Å². The molecule has 1 aromatic heterocycles. The number of aryl methyl sites for hydroxylation is 2. The second-order valence-corrected chi connectivity index (χ2v) is 4.94. The Morgan fingerprint density at radius 3 is 3.00 bits per heavy atom. The number of benzene rings is 1. The maximum atomic E-state index is 11.8. The summed E-state index contributed by atoms with van der Waals surface area (Å²) in [6, 6.07) is 7.63. The lowest BCUT2D eigenvalue weighted by Gasteiger charge is -2.08. The summed E-state index contributed by atoms with van der Waals surface area (Å²) >= 11 is 3.40. The number of carbonyl (C=O) groups excluding carboxylic acids is 1. The normalized spacial score (nSPS) is 10.3. The Morgan fingerprint density at radius 1 is 1.50 bits per heavy atom. The first kappa shape index (κ1) is 12.8. The number of aromatic nitrogens is 2. The van der Waals surface area contributed by atoms with E-state index in [-0.39, 0.29) is 5.91 Å². The fourth-order valence-electron chi connectivity index (χ4n) is 1.63.